The molecule has 1 aliphatic heterocycles. The number of hydrogen-bond acceptors (Lipinski definition) is 3. The van der Waals surface area contributed by atoms with Gasteiger partial charge in [0, 0.05) is 18.5 Å². The molecule has 3 rings (SSSR count). The molecule has 2 aromatic heterocycles. The van der Waals surface area contributed by atoms with E-state index in [2.05, 4.69) is 5.10 Å². The molecular weight excluding hydrogens is 204 g/mol. The van der Waals surface area contributed by atoms with Gasteiger partial charge in [-0.1, -0.05) is 0 Å². The van der Waals surface area contributed by atoms with Crippen molar-refractivity contribution in [2.45, 2.75) is 26.3 Å². The number of rotatable bonds is 1. The summed E-state index contributed by atoms with van der Waals surface area (Å²) in [5, 5.41) is 4.34. The van der Waals surface area contributed by atoms with E-state index in [9.17, 15) is 4.79 Å². The van der Waals surface area contributed by atoms with Crippen molar-refractivity contribution in [3.05, 3.63) is 29.3 Å². The van der Waals surface area contributed by atoms with Crippen LogP contribution >= 0.6 is 0 Å². The molecule has 0 amide bonds. The Kier molecular flexibility index (Phi) is 1.96. The number of carbonyl (C=O) groups is 1. The van der Waals surface area contributed by atoms with E-state index in [0.717, 1.165) is 48.3 Å². The van der Waals surface area contributed by atoms with Crippen molar-refractivity contribution in [3.63, 3.8) is 0 Å². The quantitative estimate of drug-likeness (QED) is 0.686. The predicted octanol–water partition coefficient (Wildman–Crippen LogP) is 2.21. The van der Waals surface area contributed by atoms with E-state index in [1.54, 1.807) is 0 Å². The Bertz CT molecular complexity index is 551. The van der Waals surface area contributed by atoms with Crippen LogP contribution in [0.4, 0.5) is 0 Å². The number of carbonyl (C=O) groups excluding carboxylic acids is 1. The van der Waals surface area contributed by atoms with Gasteiger partial charge in [0.05, 0.1) is 11.9 Å². The zero-order valence-electron chi connectivity index (χ0n) is 9.06. The maximum atomic E-state index is 10.7. The molecule has 0 N–H and O–H groups in total. The molecule has 82 valence electrons. The normalized spacial score (nSPS) is 14.1. The molecule has 3 heterocycles. The highest BCUT2D eigenvalue weighted by atomic mass is 16.3. The van der Waals surface area contributed by atoms with Gasteiger partial charge in [-0.3, -0.25) is 9.48 Å². The van der Waals surface area contributed by atoms with Crippen LogP contribution in [-0.4, -0.2) is 16.1 Å². The molecular formula is C12H12N2O2. The summed E-state index contributed by atoms with van der Waals surface area (Å²) in [4.78, 5) is 10.7. The van der Waals surface area contributed by atoms with E-state index in [1.807, 2.05) is 23.9 Å². The first-order valence-electron chi connectivity index (χ1n) is 5.40. The first kappa shape index (κ1) is 9.39. The first-order chi connectivity index (χ1) is 7.79. The number of furan rings is 1. The van der Waals surface area contributed by atoms with E-state index in [1.165, 1.54) is 0 Å². The van der Waals surface area contributed by atoms with Gasteiger partial charge in [-0.05, 0) is 25.0 Å². The molecule has 0 saturated heterocycles. The summed E-state index contributed by atoms with van der Waals surface area (Å²) in [6.45, 7) is 2.94. The van der Waals surface area contributed by atoms with Gasteiger partial charge in [-0.15, -0.1) is 0 Å². The van der Waals surface area contributed by atoms with Gasteiger partial charge in [0.2, 0.25) is 0 Å². The third-order valence-corrected chi connectivity index (χ3v) is 3.00. The van der Waals surface area contributed by atoms with Gasteiger partial charge in [0.1, 0.15) is 5.76 Å². The lowest BCUT2D eigenvalue weighted by atomic mass is 10.1. The second kappa shape index (κ2) is 3.33. The monoisotopic (exact) mass is 216 g/mol. The van der Waals surface area contributed by atoms with Crippen LogP contribution in [0.2, 0.25) is 0 Å². The van der Waals surface area contributed by atoms with Crippen molar-refractivity contribution in [3.8, 4) is 11.3 Å². The Hall–Kier alpha value is -1.84. The van der Waals surface area contributed by atoms with Crippen LogP contribution in [0.15, 0.2) is 16.7 Å². The minimum Gasteiger partial charge on any atom is -0.458 e. The van der Waals surface area contributed by atoms with Gasteiger partial charge >= 0.3 is 0 Å². The van der Waals surface area contributed by atoms with Crippen molar-refractivity contribution >= 4 is 6.29 Å². The molecule has 0 fully saturated rings. The highest BCUT2D eigenvalue weighted by molar-refractivity contribution is 5.77. The second-order valence-corrected chi connectivity index (χ2v) is 4.11. The van der Waals surface area contributed by atoms with Crippen molar-refractivity contribution in [2.24, 2.45) is 0 Å². The van der Waals surface area contributed by atoms with Crippen LogP contribution in [0.1, 0.15) is 28.3 Å². The predicted molar refractivity (Wildman–Crippen MR) is 58.4 cm³/mol. The summed E-state index contributed by atoms with van der Waals surface area (Å²) < 4.78 is 7.50. The average Bonchev–Trinajstić information content (AvgIpc) is 2.79. The lowest BCUT2D eigenvalue weighted by Gasteiger charge is -2.02. The van der Waals surface area contributed by atoms with Gasteiger partial charge in [-0.25, -0.2) is 0 Å². The zero-order chi connectivity index (χ0) is 11.1. The lowest BCUT2D eigenvalue weighted by molar-refractivity contribution is 0.109. The Morgan fingerprint density at radius 2 is 2.44 bits per heavy atom. The molecule has 0 bridgehead atoms. The first-order valence-corrected chi connectivity index (χ1v) is 5.40. The Morgan fingerprint density at radius 3 is 3.25 bits per heavy atom. The third kappa shape index (κ3) is 1.23. The number of hydrogen-bond donors (Lipinski definition) is 0. The number of aldehydes is 1. The summed E-state index contributed by atoms with van der Waals surface area (Å²) in [6, 6.07) is 1.81. The third-order valence-electron chi connectivity index (χ3n) is 3.00. The fourth-order valence-corrected chi connectivity index (χ4v) is 2.28. The Morgan fingerprint density at radius 1 is 1.56 bits per heavy atom. The maximum Gasteiger partial charge on any atom is 0.185 e. The van der Waals surface area contributed by atoms with Crippen LogP contribution in [0.5, 0.6) is 0 Å². The summed E-state index contributed by atoms with van der Waals surface area (Å²) >= 11 is 0. The van der Waals surface area contributed by atoms with E-state index >= 15 is 0 Å². The van der Waals surface area contributed by atoms with Crippen LogP contribution in [0.3, 0.4) is 0 Å². The molecule has 16 heavy (non-hydrogen) atoms. The SMILES string of the molecule is Cc1cnn2c1-c1cc(C=O)oc1CCC2. The van der Waals surface area contributed by atoms with E-state index in [0.29, 0.717) is 5.76 Å². The van der Waals surface area contributed by atoms with Crippen molar-refractivity contribution < 1.29 is 9.21 Å². The lowest BCUT2D eigenvalue weighted by Crippen LogP contribution is -2.00. The molecule has 2 aromatic rings. The molecule has 4 nitrogen and oxygen atoms in total. The Labute approximate surface area is 92.9 Å². The summed E-state index contributed by atoms with van der Waals surface area (Å²) in [6.07, 6.45) is 4.47. The molecule has 0 radical (unpaired) electrons. The van der Waals surface area contributed by atoms with Gasteiger partial charge in [-0.2, -0.15) is 5.10 Å². The molecule has 0 unspecified atom stereocenters. The van der Waals surface area contributed by atoms with E-state index in [4.69, 9.17) is 4.42 Å². The van der Waals surface area contributed by atoms with Crippen LogP contribution in [-0.2, 0) is 13.0 Å². The number of nitrogens with zero attached hydrogens (tertiary/aromatic N) is 2. The molecule has 0 aromatic carbocycles. The van der Waals surface area contributed by atoms with Crippen LogP contribution in [0, 0.1) is 6.92 Å². The van der Waals surface area contributed by atoms with E-state index < -0.39 is 0 Å². The topological polar surface area (TPSA) is 48.0 Å². The second-order valence-electron chi connectivity index (χ2n) is 4.11. The Balaban J connectivity index is 2.26. The van der Waals surface area contributed by atoms with Gasteiger partial charge in [0.15, 0.2) is 12.0 Å². The fourth-order valence-electron chi connectivity index (χ4n) is 2.28. The van der Waals surface area contributed by atoms with E-state index in [-0.39, 0.29) is 0 Å². The molecule has 0 atom stereocenters. The van der Waals surface area contributed by atoms with Gasteiger partial charge < -0.3 is 4.42 Å². The minimum atomic E-state index is 0.402. The standard InChI is InChI=1S/C12H12N2O2/c1-8-6-13-14-4-2-3-11-10(12(8)14)5-9(7-15)16-11/h5-7H,2-4H2,1H3. The smallest absolute Gasteiger partial charge is 0.185 e. The molecule has 0 saturated carbocycles. The number of aromatic nitrogens is 2. The average molecular weight is 216 g/mol. The van der Waals surface area contributed by atoms with Crippen LogP contribution < -0.4 is 0 Å². The van der Waals surface area contributed by atoms with Crippen molar-refractivity contribution in [1.29, 1.82) is 0 Å². The summed E-state index contributed by atoms with van der Waals surface area (Å²) in [5.74, 6) is 1.31. The zero-order valence-corrected chi connectivity index (χ0v) is 9.06. The van der Waals surface area contributed by atoms with Crippen molar-refractivity contribution in [2.75, 3.05) is 0 Å². The van der Waals surface area contributed by atoms with Crippen molar-refractivity contribution in [1.82, 2.24) is 9.78 Å². The highest BCUT2D eigenvalue weighted by Gasteiger charge is 2.21. The highest BCUT2D eigenvalue weighted by Crippen LogP contribution is 2.32. The number of aryl methyl sites for hydroxylation is 3. The molecule has 4 heteroatoms. The number of fused-ring (bicyclic) bond motifs is 3. The fraction of sp³-hybridized carbons (Fsp3) is 0.333. The maximum absolute atomic E-state index is 10.7. The molecule has 0 spiro atoms. The van der Waals surface area contributed by atoms with Gasteiger partial charge in [0.25, 0.3) is 0 Å². The summed E-state index contributed by atoms with van der Waals surface area (Å²) in [5.41, 5.74) is 3.24. The minimum absolute atomic E-state index is 0.402. The molecule has 0 aliphatic carbocycles. The molecule has 1 aliphatic rings. The largest absolute Gasteiger partial charge is 0.458 e. The summed E-state index contributed by atoms with van der Waals surface area (Å²) in [7, 11) is 0. The van der Waals surface area contributed by atoms with Crippen LogP contribution in [0.25, 0.3) is 11.3 Å².